The van der Waals surface area contributed by atoms with Crippen LogP contribution in [0.5, 0.6) is 0 Å². The summed E-state index contributed by atoms with van der Waals surface area (Å²) in [7, 11) is 1.86. The van der Waals surface area contributed by atoms with E-state index >= 15 is 0 Å². The fourth-order valence-electron chi connectivity index (χ4n) is 2.26. The Morgan fingerprint density at radius 2 is 1.70 bits per heavy atom. The third-order valence-corrected chi connectivity index (χ3v) is 4.06. The molecule has 2 atom stereocenters. The average Bonchev–Trinajstić information content (AvgIpc) is 2.48. The summed E-state index contributed by atoms with van der Waals surface area (Å²) in [5, 5.41) is 14.8. The fourth-order valence-corrected chi connectivity index (χ4v) is 2.56. The lowest BCUT2D eigenvalue weighted by molar-refractivity contribution is 0.144. The quantitative estimate of drug-likeness (QED) is 0.874. The van der Waals surface area contributed by atoms with Gasteiger partial charge in [0, 0.05) is 12.5 Å². The largest absolute Gasteiger partial charge is 0.388 e. The number of benzene rings is 2. The van der Waals surface area contributed by atoms with E-state index in [4.69, 9.17) is 23.2 Å². The smallest absolute Gasteiger partial charge is 0.0870 e. The lowest BCUT2D eigenvalue weighted by atomic mass is 9.89. The molecule has 4 heteroatoms. The number of likely N-dealkylation sites (N-methyl/N-ethyl adjacent to an activating group) is 1. The Bertz CT molecular complexity index is 560. The molecule has 20 heavy (non-hydrogen) atoms. The molecule has 2 N–H and O–H groups in total. The van der Waals surface area contributed by atoms with Crippen LogP contribution < -0.4 is 5.32 Å². The normalized spacial score (nSPS) is 14.0. The van der Waals surface area contributed by atoms with Gasteiger partial charge in [0.25, 0.3) is 0 Å². The van der Waals surface area contributed by atoms with E-state index in [2.05, 4.69) is 5.32 Å². The molecule has 2 aromatic carbocycles. The summed E-state index contributed by atoms with van der Waals surface area (Å²) < 4.78 is 0. The molecule has 106 valence electrons. The van der Waals surface area contributed by atoms with Crippen molar-refractivity contribution in [3.05, 3.63) is 69.7 Å². The number of nitrogens with one attached hydrogen (secondary N) is 1. The Morgan fingerprint density at radius 3 is 2.30 bits per heavy atom. The number of hydrogen-bond acceptors (Lipinski definition) is 2. The van der Waals surface area contributed by atoms with Gasteiger partial charge in [0.2, 0.25) is 0 Å². The van der Waals surface area contributed by atoms with Crippen LogP contribution >= 0.6 is 23.2 Å². The first-order valence-corrected chi connectivity index (χ1v) is 7.21. The van der Waals surface area contributed by atoms with E-state index in [9.17, 15) is 5.11 Å². The van der Waals surface area contributed by atoms with Crippen molar-refractivity contribution in [2.24, 2.45) is 0 Å². The van der Waals surface area contributed by atoms with Gasteiger partial charge in [-0.25, -0.2) is 0 Å². The van der Waals surface area contributed by atoms with Crippen molar-refractivity contribution >= 4 is 23.2 Å². The van der Waals surface area contributed by atoms with Gasteiger partial charge in [-0.1, -0.05) is 59.6 Å². The van der Waals surface area contributed by atoms with E-state index in [0.29, 0.717) is 16.6 Å². The third kappa shape index (κ3) is 3.53. The van der Waals surface area contributed by atoms with Crippen molar-refractivity contribution in [3.8, 4) is 0 Å². The van der Waals surface area contributed by atoms with Crippen LogP contribution in [0, 0.1) is 0 Å². The second kappa shape index (κ2) is 7.09. The van der Waals surface area contributed by atoms with Crippen molar-refractivity contribution in [3.63, 3.8) is 0 Å². The average molecular weight is 310 g/mol. The lowest BCUT2D eigenvalue weighted by Crippen LogP contribution is -2.23. The van der Waals surface area contributed by atoms with Crippen LogP contribution in [-0.4, -0.2) is 18.7 Å². The SMILES string of the molecule is CNCC(c1ccc(Cl)c(Cl)c1)[C@H](O)c1ccccc1. The van der Waals surface area contributed by atoms with Gasteiger partial charge in [-0.05, 0) is 30.3 Å². The number of aliphatic hydroxyl groups is 1. The van der Waals surface area contributed by atoms with E-state index in [-0.39, 0.29) is 5.92 Å². The summed E-state index contributed by atoms with van der Waals surface area (Å²) >= 11 is 12.0. The molecule has 2 nitrogen and oxygen atoms in total. The van der Waals surface area contributed by atoms with Crippen LogP contribution in [0.25, 0.3) is 0 Å². The molecule has 0 saturated carbocycles. The van der Waals surface area contributed by atoms with Crippen molar-refractivity contribution in [1.82, 2.24) is 5.32 Å². The van der Waals surface area contributed by atoms with Crippen molar-refractivity contribution in [2.75, 3.05) is 13.6 Å². The first-order valence-electron chi connectivity index (χ1n) is 6.46. The minimum atomic E-state index is -0.596. The van der Waals surface area contributed by atoms with Crippen molar-refractivity contribution < 1.29 is 5.11 Å². The molecule has 0 aliphatic heterocycles. The molecule has 1 unspecified atom stereocenters. The molecule has 0 bridgehead atoms. The lowest BCUT2D eigenvalue weighted by Gasteiger charge is -2.24. The zero-order valence-corrected chi connectivity index (χ0v) is 12.7. The maximum atomic E-state index is 10.6. The molecule has 0 aliphatic rings. The summed E-state index contributed by atoms with van der Waals surface area (Å²) in [5.74, 6) is -0.0860. The fraction of sp³-hybridized carbons (Fsp3) is 0.250. The molecule has 0 fully saturated rings. The highest BCUT2D eigenvalue weighted by atomic mass is 35.5. The summed E-state index contributed by atoms with van der Waals surface area (Å²) in [4.78, 5) is 0. The van der Waals surface area contributed by atoms with E-state index < -0.39 is 6.10 Å². The van der Waals surface area contributed by atoms with E-state index in [1.165, 1.54) is 0 Å². The van der Waals surface area contributed by atoms with Crippen LogP contribution in [0.3, 0.4) is 0 Å². The predicted octanol–water partition coefficient (Wildman–Crippen LogP) is 4.03. The van der Waals surface area contributed by atoms with Crippen LogP contribution in [0.4, 0.5) is 0 Å². The van der Waals surface area contributed by atoms with Crippen molar-refractivity contribution in [1.29, 1.82) is 0 Å². The molecule has 0 spiro atoms. The molecule has 0 aromatic heterocycles. The monoisotopic (exact) mass is 309 g/mol. The van der Waals surface area contributed by atoms with E-state index in [1.54, 1.807) is 6.07 Å². The molecular weight excluding hydrogens is 293 g/mol. The van der Waals surface area contributed by atoms with Gasteiger partial charge in [0.1, 0.15) is 0 Å². The van der Waals surface area contributed by atoms with Gasteiger partial charge in [0.15, 0.2) is 0 Å². The summed E-state index contributed by atoms with van der Waals surface area (Å²) in [6, 6.07) is 15.1. The van der Waals surface area contributed by atoms with Gasteiger partial charge >= 0.3 is 0 Å². The first kappa shape index (κ1) is 15.3. The summed E-state index contributed by atoms with van der Waals surface area (Å²) in [5.41, 5.74) is 1.85. The first-order chi connectivity index (χ1) is 9.63. The Balaban J connectivity index is 2.33. The second-order valence-electron chi connectivity index (χ2n) is 4.69. The van der Waals surface area contributed by atoms with Gasteiger partial charge in [0.05, 0.1) is 16.1 Å². The van der Waals surface area contributed by atoms with Gasteiger partial charge in [-0.15, -0.1) is 0 Å². The highest BCUT2D eigenvalue weighted by Crippen LogP contribution is 2.33. The Hall–Kier alpha value is -1.06. The molecule has 0 aliphatic carbocycles. The number of aliphatic hydroxyl groups excluding tert-OH is 1. The zero-order chi connectivity index (χ0) is 14.5. The third-order valence-electron chi connectivity index (χ3n) is 3.32. The van der Waals surface area contributed by atoms with E-state index in [1.807, 2.05) is 49.5 Å². The maximum Gasteiger partial charge on any atom is 0.0870 e. The van der Waals surface area contributed by atoms with Gasteiger partial charge in [-0.3, -0.25) is 0 Å². The van der Waals surface area contributed by atoms with Gasteiger partial charge in [-0.2, -0.15) is 0 Å². The maximum absolute atomic E-state index is 10.6. The molecular formula is C16H17Cl2NO. The van der Waals surface area contributed by atoms with Crippen LogP contribution in [0.2, 0.25) is 10.0 Å². The molecule has 0 radical (unpaired) electrons. The van der Waals surface area contributed by atoms with Crippen LogP contribution in [-0.2, 0) is 0 Å². The highest BCUT2D eigenvalue weighted by molar-refractivity contribution is 6.42. The molecule has 0 saturated heterocycles. The zero-order valence-electron chi connectivity index (χ0n) is 11.2. The molecule has 0 amide bonds. The van der Waals surface area contributed by atoms with Crippen LogP contribution in [0.1, 0.15) is 23.1 Å². The van der Waals surface area contributed by atoms with Crippen molar-refractivity contribution in [2.45, 2.75) is 12.0 Å². The Kier molecular flexibility index (Phi) is 5.44. The molecule has 2 aromatic rings. The number of halogens is 2. The highest BCUT2D eigenvalue weighted by Gasteiger charge is 2.22. The second-order valence-corrected chi connectivity index (χ2v) is 5.51. The minimum absolute atomic E-state index is 0.0860. The number of rotatable bonds is 5. The van der Waals surface area contributed by atoms with E-state index in [0.717, 1.165) is 11.1 Å². The van der Waals surface area contributed by atoms with Crippen LogP contribution in [0.15, 0.2) is 48.5 Å². The summed E-state index contributed by atoms with van der Waals surface area (Å²) in [6.45, 7) is 0.647. The van der Waals surface area contributed by atoms with Gasteiger partial charge < -0.3 is 10.4 Å². The Labute approximate surface area is 129 Å². The predicted molar refractivity (Wildman–Crippen MR) is 84.5 cm³/mol. The topological polar surface area (TPSA) is 32.3 Å². The Morgan fingerprint density at radius 1 is 1.00 bits per heavy atom. The molecule has 2 rings (SSSR count). The molecule has 0 heterocycles. The minimum Gasteiger partial charge on any atom is -0.388 e. The summed E-state index contributed by atoms with van der Waals surface area (Å²) in [6.07, 6.45) is -0.596. The standard InChI is InChI=1S/C16H17Cl2NO/c1-19-10-13(12-7-8-14(17)15(18)9-12)16(20)11-5-3-2-4-6-11/h2-9,13,16,19-20H,10H2,1H3/t13?,16-/m1/s1. The number of hydrogen-bond donors (Lipinski definition) is 2.